The summed E-state index contributed by atoms with van der Waals surface area (Å²) >= 11 is 12.2. The summed E-state index contributed by atoms with van der Waals surface area (Å²) in [4.78, 5) is 20.6. The molecule has 0 atom stereocenters. The second-order valence-corrected chi connectivity index (χ2v) is 9.72. The first kappa shape index (κ1) is 21.8. The van der Waals surface area contributed by atoms with E-state index in [1.807, 2.05) is 0 Å². The summed E-state index contributed by atoms with van der Waals surface area (Å²) < 4.78 is 32.1. The van der Waals surface area contributed by atoms with Crippen LogP contribution in [0.25, 0.3) is 10.9 Å². The Labute approximate surface area is 189 Å². The Morgan fingerprint density at radius 3 is 2.52 bits per heavy atom. The molecule has 0 saturated carbocycles. The van der Waals surface area contributed by atoms with Crippen LogP contribution in [0.1, 0.15) is 12.8 Å². The molecule has 1 saturated heterocycles. The van der Waals surface area contributed by atoms with Crippen molar-refractivity contribution in [3.05, 3.63) is 52.8 Å². The molecule has 2 heterocycles. The number of nitrogens with one attached hydrogen (secondary N) is 1. The Morgan fingerprint density at radius 1 is 1.10 bits per heavy atom. The fourth-order valence-electron chi connectivity index (χ4n) is 3.30. The molecule has 162 valence electrons. The van der Waals surface area contributed by atoms with Gasteiger partial charge in [-0.3, -0.25) is 4.79 Å². The highest BCUT2D eigenvalue weighted by atomic mass is 35.5. The third-order valence-corrected chi connectivity index (χ3v) is 7.22. The van der Waals surface area contributed by atoms with Gasteiger partial charge in [0.25, 0.3) is 5.91 Å². The van der Waals surface area contributed by atoms with Gasteiger partial charge in [0.1, 0.15) is 6.33 Å². The van der Waals surface area contributed by atoms with Crippen molar-refractivity contribution in [2.45, 2.75) is 17.7 Å². The van der Waals surface area contributed by atoms with Crippen LogP contribution in [0.15, 0.2) is 47.6 Å². The van der Waals surface area contributed by atoms with Crippen molar-refractivity contribution in [1.82, 2.24) is 14.3 Å². The molecule has 11 heteroatoms. The molecule has 1 aromatic heterocycles. The number of carbonyl (C=O) groups excluding carboxylic acids is 1. The zero-order chi connectivity index (χ0) is 22.0. The molecule has 0 aliphatic carbocycles. The van der Waals surface area contributed by atoms with Gasteiger partial charge in [0.15, 0.2) is 6.61 Å². The van der Waals surface area contributed by atoms with Crippen LogP contribution in [-0.4, -0.2) is 48.3 Å². The summed E-state index contributed by atoms with van der Waals surface area (Å²) in [5, 5.41) is 3.90. The maximum atomic E-state index is 12.6. The van der Waals surface area contributed by atoms with Crippen molar-refractivity contribution >= 4 is 55.7 Å². The molecule has 2 aromatic carbocycles. The number of anilines is 1. The predicted molar refractivity (Wildman–Crippen MR) is 118 cm³/mol. The highest BCUT2D eigenvalue weighted by Crippen LogP contribution is 2.30. The van der Waals surface area contributed by atoms with Gasteiger partial charge in [-0.25, -0.2) is 18.4 Å². The van der Waals surface area contributed by atoms with Crippen LogP contribution in [0, 0.1) is 0 Å². The van der Waals surface area contributed by atoms with Crippen LogP contribution in [0.5, 0.6) is 5.88 Å². The van der Waals surface area contributed by atoms with Gasteiger partial charge in [0, 0.05) is 23.8 Å². The summed E-state index contributed by atoms with van der Waals surface area (Å²) in [5.41, 5.74) is 0.916. The first-order valence-corrected chi connectivity index (χ1v) is 11.7. The van der Waals surface area contributed by atoms with Gasteiger partial charge >= 0.3 is 0 Å². The minimum atomic E-state index is -3.50. The number of hydrogen-bond donors (Lipinski definition) is 1. The molecule has 31 heavy (non-hydrogen) atoms. The highest BCUT2D eigenvalue weighted by molar-refractivity contribution is 7.89. The largest absolute Gasteiger partial charge is 0.467 e. The highest BCUT2D eigenvalue weighted by Gasteiger charge is 2.26. The number of sulfonamides is 1. The van der Waals surface area contributed by atoms with Gasteiger partial charge in [-0.05, 0) is 49.2 Å². The Morgan fingerprint density at radius 2 is 1.81 bits per heavy atom. The number of hydrogen-bond acceptors (Lipinski definition) is 6. The van der Waals surface area contributed by atoms with E-state index in [1.165, 1.54) is 22.8 Å². The Bertz CT molecular complexity index is 1230. The van der Waals surface area contributed by atoms with Crippen molar-refractivity contribution in [2.24, 2.45) is 0 Å². The smallest absolute Gasteiger partial charge is 0.262 e. The molecule has 1 fully saturated rings. The summed E-state index contributed by atoms with van der Waals surface area (Å²) in [6, 6.07) is 9.21. The van der Waals surface area contributed by atoms with Gasteiger partial charge in [-0.1, -0.05) is 23.2 Å². The zero-order valence-electron chi connectivity index (χ0n) is 16.2. The second-order valence-electron chi connectivity index (χ2n) is 6.94. The van der Waals surface area contributed by atoms with E-state index in [-0.39, 0.29) is 17.4 Å². The molecular weight excluding hydrogens is 463 g/mol. The fourth-order valence-corrected chi connectivity index (χ4v) is 5.36. The van der Waals surface area contributed by atoms with E-state index in [9.17, 15) is 13.2 Å². The van der Waals surface area contributed by atoms with E-state index >= 15 is 0 Å². The molecule has 0 spiro atoms. The van der Waals surface area contributed by atoms with Gasteiger partial charge < -0.3 is 10.1 Å². The van der Waals surface area contributed by atoms with Crippen molar-refractivity contribution in [3.63, 3.8) is 0 Å². The normalized spacial score (nSPS) is 14.6. The fraction of sp³-hybridized carbons (Fsp3) is 0.250. The van der Waals surface area contributed by atoms with Crippen molar-refractivity contribution < 1.29 is 17.9 Å². The predicted octanol–water partition coefficient (Wildman–Crippen LogP) is 3.74. The van der Waals surface area contributed by atoms with Crippen LogP contribution in [-0.2, 0) is 14.8 Å². The maximum absolute atomic E-state index is 12.6. The molecule has 4 rings (SSSR count). The summed E-state index contributed by atoms with van der Waals surface area (Å²) in [5.74, 6) is -0.258. The van der Waals surface area contributed by atoms with Crippen LogP contribution in [0.4, 0.5) is 5.69 Å². The number of carbonyl (C=O) groups is 1. The lowest BCUT2D eigenvalue weighted by atomic mass is 10.2. The van der Waals surface area contributed by atoms with Crippen molar-refractivity contribution in [3.8, 4) is 5.88 Å². The number of fused-ring (bicyclic) bond motifs is 1. The van der Waals surface area contributed by atoms with E-state index in [0.29, 0.717) is 39.7 Å². The number of halogens is 2. The quantitative estimate of drug-likeness (QED) is 0.576. The summed E-state index contributed by atoms with van der Waals surface area (Å²) in [6.07, 6.45) is 3.02. The topological polar surface area (TPSA) is 101 Å². The lowest BCUT2D eigenvalue weighted by Gasteiger charge is -2.15. The average Bonchev–Trinajstić information content (AvgIpc) is 3.28. The molecule has 1 aliphatic heterocycles. The van der Waals surface area contributed by atoms with Crippen LogP contribution in [0.2, 0.25) is 10.0 Å². The van der Waals surface area contributed by atoms with E-state index < -0.39 is 15.9 Å². The molecule has 1 N–H and O–H groups in total. The lowest BCUT2D eigenvalue weighted by molar-refractivity contribution is -0.118. The minimum Gasteiger partial charge on any atom is -0.467 e. The number of benzene rings is 2. The number of rotatable bonds is 6. The van der Waals surface area contributed by atoms with Crippen LogP contribution in [0.3, 0.4) is 0 Å². The third-order valence-electron chi connectivity index (χ3n) is 4.80. The molecular formula is C20H18Cl2N4O4S. The first-order valence-electron chi connectivity index (χ1n) is 9.47. The first-order chi connectivity index (χ1) is 14.8. The molecule has 0 unspecified atom stereocenters. The van der Waals surface area contributed by atoms with Gasteiger partial charge in [-0.2, -0.15) is 4.31 Å². The van der Waals surface area contributed by atoms with E-state index in [0.717, 1.165) is 12.8 Å². The van der Waals surface area contributed by atoms with Gasteiger partial charge in [-0.15, -0.1) is 0 Å². The Kier molecular flexibility index (Phi) is 6.29. The number of nitrogens with zero attached hydrogens (tertiary/aromatic N) is 3. The SMILES string of the molecule is O=C(COc1ncnc2c(Cl)cc(Cl)cc12)Nc1ccc(S(=O)(=O)N2CCCC2)cc1. The van der Waals surface area contributed by atoms with E-state index in [2.05, 4.69) is 15.3 Å². The maximum Gasteiger partial charge on any atom is 0.262 e. The average molecular weight is 481 g/mol. The van der Waals surface area contributed by atoms with Crippen LogP contribution < -0.4 is 10.1 Å². The van der Waals surface area contributed by atoms with E-state index in [1.54, 1.807) is 24.3 Å². The van der Waals surface area contributed by atoms with Gasteiger partial charge in [0.05, 0.1) is 20.8 Å². The van der Waals surface area contributed by atoms with Gasteiger partial charge in [0.2, 0.25) is 15.9 Å². The monoisotopic (exact) mass is 480 g/mol. The van der Waals surface area contributed by atoms with Crippen molar-refractivity contribution in [1.29, 1.82) is 0 Å². The molecule has 1 amide bonds. The standard InChI is InChI=1S/C20H18Cl2N4O4S/c21-13-9-16-19(17(22)10-13)23-12-24-20(16)30-11-18(27)25-14-3-5-15(6-4-14)31(28,29)26-7-1-2-8-26/h3-6,9-10,12H,1-2,7-8,11H2,(H,25,27). The number of ether oxygens (including phenoxy) is 1. The minimum absolute atomic E-state index is 0.177. The second kappa shape index (κ2) is 8.96. The lowest BCUT2D eigenvalue weighted by Crippen LogP contribution is -2.27. The number of amides is 1. The van der Waals surface area contributed by atoms with Crippen LogP contribution >= 0.6 is 23.2 Å². The summed E-state index contributed by atoms with van der Waals surface area (Å²) in [7, 11) is -3.50. The van der Waals surface area contributed by atoms with E-state index in [4.69, 9.17) is 27.9 Å². The van der Waals surface area contributed by atoms with Crippen molar-refractivity contribution in [2.75, 3.05) is 25.0 Å². The molecule has 3 aromatic rings. The third kappa shape index (κ3) is 4.74. The molecule has 0 bridgehead atoms. The Hall–Kier alpha value is -2.46. The molecule has 1 aliphatic rings. The Balaban J connectivity index is 1.41. The molecule has 8 nitrogen and oxygen atoms in total. The zero-order valence-corrected chi connectivity index (χ0v) is 18.5. The summed E-state index contributed by atoms with van der Waals surface area (Å²) in [6.45, 7) is 0.753. The number of aromatic nitrogens is 2. The molecule has 0 radical (unpaired) electrons.